The molecule has 2 aromatic heterocycles. The summed E-state index contributed by atoms with van der Waals surface area (Å²) in [5.74, 6) is -0.619. The van der Waals surface area contributed by atoms with E-state index in [1.54, 1.807) is 12.3 Å². The van der Waals surface area contributed by atoms with Crippen LogP contribution in [0, 0.1) is 0 Å². The number of aromatic amines is 1. The maximum Gasteiger partial charge on any atom is 0.265 e. The minimum atomic E-state index is -0.522. The monoisotopic (exact) mass is 320 g/mol. The van der Waals surface area contributed by atoms with E-state index in [1.807, 2.05) is 5.38 Å². The summed E-state index contributed by atoms with van der Waals surface area (Å²) < 4.78 is 5.44. The van der Waals surface area contributed by atoms with E-state index in [0.717, 1.165) is 25.0 Å². The van der Waals surface area contributed by atoms with Crippen LogP contribution in [-0.4, -0.2) is 34.5 Å². The van der Waals surface area contributed by atoms with E-state index in [9.17, 15) is 9.59 Å². The minimum absolute atomic E-state index is 0.0160. The highest BCUT2D eigenvalue weighted by Crippen LogP contribution is 2.26. The predicted molar refractivity (Wildman–Crippen MR) is 82.6 cm³/mol. The van der Waals surface area contributed by atoms with E-state index in [4.69, 9.17) is 10.5 Å². The number of nitrogens with zero attached hydrogens (tertiary/aromatic N) is 1. The molecule has 2 aromatic rings. The number of primary amides is 1. The normalized spacial score (nSPS) is 17.5. The van der Waals surface area contributed by atoms with Crippen molar-refractivity contribution in [2.75, 3.05) is 11.9 Å². The number of hydrogen-bond donors (Lipinski definition) is 3. The number of H-pyrrole nitrogens is 1. The predicted octanol–water partition coefficient (Wildman–Crippen LogP) is 1.74. The second-order valence-electron chi connectivity index (χ2n) is 5.09. The zero-order valence-electron chi connectivity index (χ0n) is 11.8. The first kappa shape index (κ1) is 14.7. The Kier molecular flexibility index (Phi) is 4.21. The van der Waals surface area contributed by atoms with Gasteiger partial charge >= 0.3 is 0 Å². The van der Waals surface area contributed by atoms with Crippen LogP contribution in [0.1, 0.15) is 29.8 Å². The van der Waals surface area contributed by atoms with E-state index in [0.29, 0.717) is 22.9 Å². The van der Waals surface area contributed by atoms with Crippen LogP contribution in [0.2, 0.25) is 0 Å². The van der Waals surface area contributed by atoms with E-state index in [-0.39, 0.29) is 12.0 Å². The second-order valence-corrected chi connectivity index (χ2v) is 5.95. The number of aromatic nitrogens is 2. The SMILES string of the molecule is NC(=O)c1cc(-c2csc(NC(=O)CC3CCCO3)n2)c[nH]1. The average molecular weight is 320 g/mol. The van der Waals surface area contributed by atoms with Crippen LogP contribution in [0.4, 0.5) is 5.13 Å². The van der Waals surface area contributed by atoms with Gasteiger partial charge in [0.1, 0.15) is 5.69 Å². The number of rotatable bonds is 5. The molecule has 2 amide bonds. The lowest BCUT2D eigenvalue weighted by Crippen LogP contribution is -2.19. The summed E-state index contributed by atoms with van der Waals surface area (Å²) in [6, 6.07) is 1.63. The first-order valence-electron chi connectivity index (χ1n) is 6.97. The summed E-state index contributed by atoms with van der Waals surface area (Å²) in [5.41, 5.74) is 6.96. The van der Waals surface area contributed by atoms with Crippen molar-refractivity contribution in [2.45, 2.75) is 25.4 Å². The summed E-state index contributed by atoms with van der Waals surface area (Å²) in [6.45, 7) is 0.731. The van der Waals surface area contributed by atoms with E-state index in [2.05, 4.69) is 15.3 Å². The van der Waals surface area contributed by atoms with Crippen molar-refractivity contribution in [3.05, 3.63) is 23.3 Å². The van der Waals surface area contributed by atoms with Crippen LogP contribution in [0.25, 0.3) is 11.3 Å². The number of anilines is 1. The molecule has 1 saturated heterocycles. The molecule has 4 N–H and O–H groups in total. The third kappa shape index (κ3) is 3.34. The molecule has 1 aliphatic heterocycles. The number of carbonyl (C=O) groups is 2. The third-order valence-electron chi connectivity index (χ3n) is 3.43. The number of ether oxygens (including phenoxy) is 1. The van der Waals surface area contributed by atoms with Crippen molar-refractivity contribution in [2.24, 2.45) is 5.73 Å². The number of amides is 2. The van der Waals surface area contributed by atoms with Gasteiger partial charge in [-0.05, 0) is 18.9 Å². The lowest BCUT2D eigenvalue weighted by molar-refractivity contribution is -0.118. The summed E-state index contributed by atoms with van der Waals surface area (Å²) >= 11 is 1.33. The molecule has 3 rings (SSSR count). The Morgan fingerprint density at radius 3 is 3.09 bits per heavy atom. The molecule has 0 aromatic carbocycles. The Morgan fingerprint density at radius 2 is 2.41 bits per heavy atom. The fourth-order valence-electron chi connectivity index (χ4n) is 2.33. The van der Waals surface area contributed by atoms with Crippen molar-refractivity contribution < 1.29 is 14.3 Å². The fraction of sp³-hybridized carbons (Fsp3) is 0.357. The largest absolute Gasteiger partial charge is 0.378 e. The van der Waals surface area contributed by atoms with Crippen LogP contribution >= 0.6 is 11.3 Å². The number of thiazole rings is 1. The fourth-order valence-corrected chi connectivity index (χ4v) is 3.07. The van der Waals surface area contributed by atoms with Crippen molar-refractivity contribution in [3.8, 4) is 11.3 Å². The molecule has 0 aliphatic carbocycles. The highest BCUT2D eigenvalue weighted by Gasteiger charge is 2.19. The third-order valence-corrected chi connectivity index (χ3v) is 4.19. The van der Waals surface area contributed by atoms with Gasteiger partial charge in [0, 0.05) is 23.7 Å². The standard InChI is InChI=1S/C14H16N4O3S/c15-13(20)10-4-8(6-16-10)11-7-22-14(17-11)18-12(19)5-9-2-1-3-21-9/h4,6-7,9,16H,1-3,5H2,(H2,15,20)(H,17,18,19). The van der Waals surface area contributed by atoms with E-state index >= 15 is 0 Å². The van der Waals surface area contributed by atoms with E-state index < -0.39 is 5.91 Å². The Hall–Kier alpha value is -2.19. The summed E-state index contributed by atoms with van der Waals surface area (Å²) in [5, 5.41) is 5.12. The molecule has 8 heteroatoms. The quantitative estimate of drug-likeness (QED) is 0.779. The van der Waals surface area contributed by atoms with Gasteiger partial charge in [0.2, 0.25) is 5.91 Å². The second kappa shape index (κ2) is 6.29. The Balaban J connectivity index is 1.62. The Labute approximate surface area is 130 Å². The van der Waals surface area contributed by atoms with Crippen molar-refractivity contribution in [3.63, 3.8) is 0 Å². The molecule has 0 radical (unpaired) electrons. The van der Waals surface area contributed by atoms with Crippen molar-refractivity contribution in [1.82, 2.24) is 9.97 Å². The first-order valence-corrected chi connectivity index (χ1v) is 7.85. The van der Waals surface area contributed by atoms with Gasteiger partial charge in [-0.2, -0.15) is 0 Å². The van der Waals surface area contributed by atoms with Crippen LogP contribution < -0.4 is 11.1 Å². The molecule has 22 heavy (non-hydrogen) atoms. The van der Waals surface area contributed by atoms with Gasteiger partial charge in [-0.25, -0.2) is 4.98 Å². The lowest BCUT2D eigenvalue weighted by atomic mass is 10.2. The van der Waals surface area contributed by atoms with Crippen molar-refractivity contribution >= 4 is 28.3 Å². The van der Waals surface area contributed by atoms with Crippen LogP contribution in [0.5, 0.6) is 0 Å². The number of nitrogens with two attached hydrogens (primary N) is 1. The minimum Gasteiger partial charge on any atom is -0.378 e. The number of carbonyl (C=O) groups excluding carboxylic acids is 2. The molecule has 0 saturated carbocycles. The van der Waals surface area contributed by atoms with Gasteiger partial charge in [0.25, 0.3) is 5.91 Å². The summed E-state index contributed by atoms with van der Waals surface area (Å²) in [4.78, 5) is 30.1. The molecule has 1 atom stereocenters. The molecular formula is C14H16N4O3S. The maximum atomic E-state index is 11.9. The number of hydrogen-bond acceptors (Lipinski definition) is 5. The van der Waals surface area contributed by atoms with Gasteiger partial charge in [-0.3, -0.25) is 9.59 Å². The van der Waals surface area contributed by atoms with Gasteiger partial charge < -0.3 is 20.8 Å². The van der Waals surface area contributed by atoms with Crippen LogP contribution in [-0.2, 0) is 9.53 Å². The molecule has 1 fully saturated rings. The molecule has 7 nitrogen and oxygen atoms in total. The van der Waals surface area contributed by atoms with Crippen LogP contribution in [0.15, 0.2) is 17.6 Å². The zero-order valence-corrected chi connectivity index (χ0v) is 12.6. The average Bonchev–Trinajstić information content (AvgIpc) is 3.18. The van der Waals surface area contributed by atoms with Gasteiger partial charge in [0.05, 0.1) is 18.2 Å². The topological polar surface area (TPSA) is 110 Å². The van der Waals surface area contributed by atoms with E-state index in [1.165, 1.54) is 11.3 Å². The smallest absolute Gasteiger partial charge is 0.265 e. The maximum absolute atomic E-state index is 11.9. The van der Waals surface area contributed by atoms with Gasteiger partial charge in [-0.1, -0.05) is 0 Å². The summed E-state index contributed by atoms with van der Waals surface area (Å²) in [7, 11) is 0. The molecule has 3 heterocycles. The first-order chi connectivity index (χ1) is 10.6. The molecule has 116 valence electrons. The van der Waals surface area contributed by atoms with Crippen molar-refractivity contribution in [1.29, 1.82) is 0 Å². The Morgan fingerprint density at radius 1 is 1.55 bits per heavy atom. The Bertz CT molecular complexity index is 688. The molecule has 0 spiro atoms. The highest BCUT2D eigenvalue weighted by atomic mass is 32.1. The number of nitrogens with one attached hydrogen (secondary N) is 2. The van der Waals surface area contributed by atoms with Gasteiger partial charge in [-0.15, -0.1) is 11.3 Å². The summed E-state index contributed by atoms with van der Waals surface area (Å²) in [6.07, 6.45) is 3.96. The molecule has 0 bridgehead atoms. The highest BCUT2D eigenvalue weighted by molar-refractivity contribution is 7.14. The lowest BCUT2D eigenvalue weighted by Gasteiger charge is -2.07. The molecule has 1 aliphatic rings. The van der Waals surface area contributed by atoms with Gasteiger partial charge in [0.15, 0.2) is 5.13 Å². The molecular weight excluding hydrogens is 304 g/mol. The zero-order chi connectivity index (χ0) is 15.5. The van der Waals surface area contributed by atoms with Crippen LogP contribution in [0.3, 0.4) is 0 Å². The molecule has 1 unspecified atom stereocenters.